The molecule has 0 aromatic rings. The zero-order valence-electron chi connectivity index (χ0n) is 11.8. The van der Waals surface area contributed by atoms with Crippen LogP contribution < -0.4 is 0 Å². The Kier molecular flexibility index (Phi) is 4.58. The van der Waals surface area contributed by atoms with Gasteiger partial charge in [-0.05, 0) is 40.0 Å². The van der Waals surface area contributed by atoms with E-state index in [-0.39, 0.29) is 5.92 Å². The highest BCUT2D eigenvalue weighted by Gasteiger charge is 2.53. The average molecular weight is 253 g/mol. The topological polar surface area (TPSA) is 42.2 Å². The van der Waals surface area contributed by atoms with Gasteiger partial charge in [-0.25, -0.2) is 4.39 Å². The van der Waals surface area contributed by atoms with Crippen LogP contribution in [0.5, 0.6) is 0 Å². The van der Waals surface area contributed by atoms with E-state index in [9.17, 15) is 4.39 Å². The first-order chi connectivity index (χ1) is 8.19. The largest absolute Gasteiger partial charge is 0.524 e. The Morgan fingerprint density at radius 2 is 1.83 bits per heavy atom. The highest BCUT2D eigenvalue weighted by atomic mass is 19.1. The summed E-state index contributed by atoms with van der Waals surface area (Å²) in [5, 5.41) is 8.48. The normalized spacial score (nSPS) is 23.8. The summed E-state index contributed by atoms with van der Waals surface area (Å²) in [6.07, 6.45) is 2.55. The average Bonchev–Trinajstić information content (AvgIpc) is 2.45. The van der Waals surface area contributed by atoms with Gasteiger partial charge in [0.2, 0.25) is 0 Å². The monoisotopic (exact) mass is 253 g/mol. The van der Waals surface area contributed by atoms with E-state index in [1.54, 1.807) is 0 Å². The van der Waals surface area contributed by atoms with Crippen molar-refractivity contribution in [3.05, 3.63) is 11.8 Å². The Balaban J connectivity index is 2.67. The maximum atomic E-state index is 14.0. The van der Waals surface area contributed by atoms with Crippen LogP contribution in [0.4, 0.5) is 4.39 Å². The number of hydrogen-bond donors (Lipinski definition) is 0. The van der Waals surface area contributed by atoms with Crippen molar-refractivity contribution in [3.63, 3.8) is 0 Å². The Bertz CT molecular complexity index is 358. The second kappa shape index (κ2) is 5.42. The molecule has 3 nitrogen and oxygen atoms in total. The summed E-state index contributed by atoms with van der Waals surface area (Å²) in [6.45, 7) is 9.43. The van der Waals surface area contributed by atoms with Crippen molar-refractivity contribution in [1.82, 2.24) is 0 Å². The van der Waals surface area contributed by atoms with Gasteiger partial charge in [0.25, 0.3) is 0 Å². The van der Waals surface area contributed by atoms with Crippen molar-refractivity contribution < 1.29 is 13.7 Å². The quantitative estimate of drug-likeness (QED) is 0.721. The summed E-state index contributed by atoms with van der Waals surface area (Å²) in [5.41, 5.74) is -1.46. The molecule has 0 aromatic carbocycles. The molecule has 18 heavy (non-hydrogen) atoms. The van der Waals surface area contributed by atoms with Crippen LogP contribution in [0, 0.1) is 17.2 Å². The second-order valence-electron chi connectivity index (χ2n) is 5.81. The van der Waals surface area contributed by atoms with Crippen molar-refractivity contribution >= 4 is 7.12 Å². The van der Waals surface area contributed by atoms with E-state index in [4.69, 9.17) is 14.6 Å². The third-order valence-electron chi connectivity index (χ3n) is 3.63. The van der Waals surface area contributed by atoms with Crippen LogP contribution >= 0.6 is 0 Å². The fourth-order valence-corrected chi connectivity index (χ4v) is 1.68. The molecule has 0 radical (unpaired) electrons. The lowest BCUT2D eigenvalue weighted by molar-refractivity contribution is 0.00578. The molecule has 1 aliphatic rings. The Hall–Kier alpha value is -0.855. The maximum Gasteiger partial charge on any atom is 0.524 e. The van der Waals surface area contributed by atoms with Crippen molar-refractivity contribution in [2.24, 2.45) is 5.92 Å². The molecule has 0 bridgehead atoms. The van der Waals surface area contributed by atoms with E-state index in [0.717, 1.165) is 0 Å². The van der Waals surface area contributed by atoms with Gasteiger partial charge in [-0.2, -0.15) is 5.26 Å². The number of allylic oxidation sites excluding steroid dienone is 1. The van der Waals surface area contributed by atoms with Gasteiger partial charge in [-0.15, -0.1) is 0 Å². The molecule has 1 rings (SSSR count). The predicted molar refractivity (Wildman–Crippen MR) is 69.3 cm³/mol. The molecule has 0 amide bonds. The van der Waals surface area contributed by atoms with Gasteiger partial charge >= 0.3 is 7.12 Å². The van der Waals surface area contributed by atoms with Crippen LogP contribution in [0.3, 0.4) is 0 Å². The van der Waals surface area contributed by atoms with Crippen LogP contribution in [-0.2, 0) is 9.31 Å². The molecule has 0 N–H and O–H groups in total. The molecule has 0 aromatic heterocycles. The van der Waals surface area contributed by atoms with Crippen LogP contribution in [0.25, 0.3) is 0 Å². The Morgan fingerprint density at radius 3 is 2.28 bits per heavy atom. The highest BCUT2D eigenvalue weighted by molar-refractivity contribution is 6.53. The van der Waals surface area contributed by atoms with E-state index in [1.807, 2.05) is 34.6 Å². The van der Waals surface area contributed by atoms with E-state index in [2.05, 4.69) is 6.07 Å². The molecule has 1 fully saturated rings. The molecule has 1 saturated heterocycles. The number of halogens is 1. The molecule has 1 aliphatic heterocycles. The first kappa shape index (κ1) is 15.2. The molecule has 0 saturated carbocycles. The minimum atomic E-state index is -0.931. The van der Waals surface area contributed by atoms with Crippen molar-refractivity contribution in [2.75, 3.05) is 0 Å². The van der Waals surface area contributed by atoms with Gasteiger partial charge in [-0.3, -0.25) is 0 Å². The summed E-state index contributed by atoms with van der Waals surface area (Å²) >= 11 is 0. The smallest absolute Gasteiger partial charge is 0.398 e. The van der Waals surface area contributed by atoms with Gasteiger partial charge < -0.3 is 9.31 Å². The maximum absolute atomic E-state index is 14.0. The fourth-order valence-electron chi connectivity index (χ4n) is 1.68. The van der Waals surface area contributed by atoms with Gasteiger partial charge in [0.15, 0.2) is 0 Å². The van der Waals surface area contributed by atoms with Crippen LogP contribution in [0.1, 0.15) is 47.5 Å². The van der Waals surface area contributed by atoms with Crippen molar-refractivity contribution in [3.8, 4) is 6.07 Å². The summed E-state index contributed by atoms with van der Waals surface area (Å²) < 4.78 is 25.2. The number of nitriles is 1. The lowest BCUT2D eigenvalue weighted by Crippen LogP contribution is -2.41. The molecule has 1 atom stereocenters. The van der Waals surface area contributed by atoms with E-state index >= 15 is 0 Å². The highest BCUT2D eigenvalue weighted by Crippen LogP contribution is 2.38. The summed E-state index contributed by atoms with van der Waals surface area (Å²) in [6, 6.07) is 2.05. The van der Waals surface area contributed by atoms with Gasteiger partial charge in [-0.1, -0.05) is 13.0 Å². The lowest BCUT2D eigenvalue weighted by atomic mass is 9.85. The predicted octanol–water partition coefficient (Wildman–Crippen LogP) is 3.41. The van der Waals surface area contributed by atoms with Gasteiger partial charge in [0.1, 0.15) is 5.73 Å². The minimum Gasteiger partial charge on any atom is -0.398 e. The summed E-state index contributed by atoms with van der Waals surface area (Å²) in [7, 11) is -0.931. The first-order valence-electron chi connectivity index (χ1n) is 6.29. The molecular weight excluding hydrogens is 232 g/mol. The van der Waals surface area contributed by atoms with Crippen molar-refractivity contribution in [2.45, 2.75) is 58.7 Å². The molecule has 5 heteroatoms. The Labute approximate surface area is 109 Å². The molecule has 1 heterocycles. The zero-order chi connectivity index (χ0) is 14.0. The van der Waals surface area contributed by atoms with Crippen LogP contribution in [0.2, 0.25) is 0 Å². The second-order valence-corrected chi connectivity index (χ2v) is 5.81. The van der Waals surface area contributed by atoms with E-state index in [0.29, 0.717) is 12.8 Å². The molecule has 1 unspecified atom stereocenters. The third kappa shape index (κ3) is 3.33. The molecular formula is C13H21BFNO2. The number of rotatable bonds is 4. The van der Waals surface area contributed by atoms with E-state index in [1.165, 1.54) is 6.08 Å². The standard InChI is InChI=1S/C13H21BFNO2/c1-10(7-6-8-16)9-11(15)14-17-12(2,3)13(4,5)18-14/h9-10H,6-7H2,1-5H3. The van der Waals surface area contributed by atoms with Gasteiger partial charge in [0, 0.05) is 6.42 Å². The Morgan fingerprint density at radius 1 is 1.33 bits per heavy atom. The number of hydrogen-bond acceptors (Lipinski definition) is 3. The number of nitrogens with zero attached hydrogens (tertiary/aromatic N) is 1. The molecule has 0 spiro atoms. The lowest BCUT2D eigenvalue weighted by Gasteiger charge is -2.32. The zero-order valence-corrected chi connectivity index (χ0v) is 11.8. The third-order valence-corrected chi connectivity index (χ3v) is 3.63. The summed E-state index contributed by atoms with van der Waals surface area (Å²) in [5.74, 6) is 0.00340. The first-order valence-corrected chi connectivity index (χ1v) is 6.29. The summed E-state index contributed by atoms with van der Waals surface area (Å²) in [4.78, 5) is 0. The fraction of sp³-hybridized carbons (Fsp3) is 0.769. The van der Waals surface area contributed by atoms with Gasteiger partial charge in [0.05, 0.1) is 17.3 Å². The van der Waals surface area contributed by atoms with Crippen molar-refractivity contribution in [1.29, 1.82) is 5.26 Å². The minimum absolute atomic E-state index is 0.00340. The molecule has 100 valence electrons. The SMILES string of the molecule is CC(C=C(F)B1OC(C)(C)C(C)(C)O1)CCC#N. The molecule has 0 aliphatic carbocycles. The van der Waals surface area contributed by atoms with Crippen LogP contribution in [0.15, 0.2) is 11.8 Å². The van der Waals surface area contributed by atoms with Crippen LogP contribution in [-0.4, -0.2) is 18.3 Å². The van der Waals surface area contributed by atoms with E-state index < -0.39 is 24.0 Å².